The van der Waals surface area contributed by atoms with Gasteiger partial charge in [0.25, 0.3) is 0 Å². The number of piperidine rings is 1. The van der Waals surface area contributed by atoms with Gasteiger partial charge < -0.3 is 10.1 Å². The highest BCUT2D eigenvalue weighted by Crippen LogP contribution is 2.24. The van der Waals surface area contributed by atoms with Crippen LogP contribution in [0.2, 0.25) is 0 Å². The van der Waals surface area contributed by atoms with Crippen molar-refractivity contribution in [2.75, 3.05) is 20.2 Å². The predicted molar refractivity (Wildman–Crippen MR) is 76.6 cm³/mol. The molecule has 1 N–H and O–H groups in total. The minimum Gasteiger partial charge on any atom is -0.465 e. The molecule has 2 rings (SSSR count). The molecule has 0 aromatic heterocycles. The molecule has 1 aromatic rings. The highest BCUT2D eigenvalue weighted by molar-refractivity contribution is 5.90. The van der Waals surface area contributed by atoms with Crippen LogP contribution in [0.25, 0.3) is 0 Å². The van der Waals surface area contributed by atoms with Gasteiger partial charge in [-0.1, -0.05) is 0 Å². The molecule has 1 aliphatic heterocycles. The molecule has 1 aliphatic rings. The molecule has 19 heavy (non-hydrogen) atoms. The summed E-state index contributed by atoms with van der Waals surface area (Å²) in [4.78, 5) is 11.7. The first-order valence-electron chi connectivity index (χ1n) is 7.01. The Morgan fingerprint density at radius 2 is 2.00 bits per heavy atom. The molecular formula is C16H23NO2. The molecule has 1 saturated heterocycles. The van der Waals surface area contributed by atoms with Crippen molar-refractivity contribution in [2.24, 2.45) is 5.92 Å². The van der Waals surface area contributed by atoms with Crippen LogP contribution < -0.4 is 5.32 Å². The van der Waals surface area contributed by atoms with Crippen LogP contribution in [-0.2, 0) is 11.2 Å². The number of nitrogens with one attached hydrogen (secondary N) is 1. The van der Waals surface area contributed by atoms with Crippen LogP contribution in [-0.4, -0.2) is 26.2 Å². The topological polar surface area (TPSA) is 38.3 Å². The van der Waals surface area contributed by atoms with Crippen molar-refractivity contribution < 1.29 is 9.53 Å². The number of benzene rings is 1. The molecule has 0 saturated carbocycles. The van der Waals surface area contributed by atoms with Gasteiger partial charge in [0.15, 0.2) is 0 Å². The molecular weight excluding hydrogens is 238 g/mol. The summed E-state index contributed by atoms with van der Waals surface area (Å²) in [5.74, 6) is 0.488. The normalized spacial score (nSPS) is 16.4. The summed E-state index contributed by atoms with van der Waals surface area (Å²) in [7, 11) is 1.43. The average Bonchev–Trinajstić information content (AvgIpc) is 2.44. The molecule has 3 nitrogen and oxygen atoms in total. The van der Waals surface area contributed by atoms with Crippen LogP contribution in [0, 0.1) is 19.8 Å². The largest absolute Gasteiger partial charge is 0.465 e. The van der Waals surface area contributed by atoms with Crippen molar-refractivity contribution in [3.8, 4) is 0 Å². The van der Waals surface area contributed by atoms with Gasteiger partial charge in [0.2, 0.25) is 0 Å². The summed E-state index contributed by atoms with van der Waals surface area (Å²) in [5.41, 5.74) is 4.46. The maximum atomic E-state index is 11.7. The lowest BCUT2D eigenvalue weighted by atomic mass is 9.87. The van der Waals surface area contributed by atoms with Gasteiger partial charge in [-0.2, -0.15) is 0 Å². The zero-order chi connectivity index (χ0) is 13.8. The van der Waals surface area contributed by atoms with E-state index in [0.717, 1.165) is 25.4 Å². The minimum atomic E-state index is -0.241. The fourth-order valence-electron chi connectivity index (χ4n) is 2.78. The third-order valence-corrected chi connectivity index (χ3v) is 4.16. The molecule has 0 unspecified atom stereocenters. The Hall–Kier alpha value is -1.35. The van der Waals surface area contributed by atoms with Crippen LogP contribution in [0.4, 0.5) is 0 Å². The van der Waals surface area contributed by atoms with E-state index in [4.69, 9.17) is 4.74 Å². The van der Waals surface area contributed by atoms with Gasteiger partial charge in [-0.3, -0.25) is 0 Å². The quantitative estimate of drug-likeness (QED) is 0.850. The third-order valence-electron chi connectivity index (χ3n) is 4.16. The third kappa shape index (κ3) is 3.35. The summed E-state index contributed by atoms with van der Waals surface area (Å²) in [5, 5.41) is 3.39. The maximum absolute atomic E-state index is 11.7. The van der Waals surface area contributed by atoms with E-state index in [9.17, 15) is 4.79 Å². The lowest BCUT2D eigenvalue weighted by molar-refractivity contribution is 0.0600. The second kappa shape index (κ2) is 6.20. The highest BCUT2D eigenvalue weighted by Gasteiger charge is 2.17. The number of carbonyl (C=O) groups excluding carboxylic acids is 1. The Morgan fingerprint density at radius 3 is 2.63 bits per heavy atom. The number of hydrogen-bond acceptors (Lipinski definition) is 3. The molecule has 1 aromatic carbocycles. The lowest BCUT2D eigenvalue weighted by Gasteiger charge is -2.24. The summed E-state index contributed by atoms with van der Waals surface area (Å²) >= 11 is 0. The van der Waals surface area contributed by atoms with Crippen LogP contribution in [0.15, 0.2) is 12.1 Å². The number of methoxy groups -OCH3 is 1. The first kappa shape index (κ1) is 14.1. The Morgan fingerprint density at radius 1 is 1.32 bits per heavy atom. The van der Waals surface area contributed by atoms with Gasteiger partial charge >= 0.3 is 5.97 Å². The average molecular weight is 261 g/mol. The van der Waals surface area contributed by atoms with E-state index in [1.165, 1.54) is 36.6 Å². The van der Waals surface area contributed by atoms with E-state index < -0.39 is 0 Å². The molecule has 1 heterocycles. The van der Waals surface area contributed by atoms with Crippen LogP contribution in [0.3, 0.4) is 0 Å². The van der Waals surface area contributed by atoms with Gasteiger partial charge in [0.1, 0.15) is 0 Å². The maximum Gasteiger partial charge on any atom is 0.337 e. The van der Waals surface area contributed by atoms with Crippen molar-refractivity contribution in [1.82, 2.24) is 5.32 Å². The van der Waals surface area contributed by atoms with Gasteiger partial charge in [-0.05, 0) is 80.9 Å². The number of hydrogen-bond donors (Lipinski definition) is 1. The summed E-state index contributed by atoms with van der Waals surface area (Å²) in [6.07, 6.45) is 3.51. The van der Waals surface area contributed by atoms with Crippen LogP contribution in [0.5, 0.6) is 0 Å². The van der Waals surface area contributed by atoms with Crippen molar-refractivity contribution in [3.63, 3.8) is 0 Å². The highest BCUT2D eigenvalue weighted by atomic mass is 16.5. The molecule has 0 aliphatic carbocycles. The second-order valence-electron chi connectivity index (χ2n) is 5.47. The smallest absolute Gasteiger partial charge is 0.337 e. The molecule has 1 fully saturated rings. The van der Waals surface area contributed by atoms with Gasteiger partial charge in [-0.15, -0.1) is 0 Å². The molecule has 0 bridgehead atoms. The molecule has 3 heteroatoms. The lowest BCUT2D eigenvalue weighted by Crippen LogP contribution is -2.28. The number of esters is 1. The van der Waals surface area contributed by atoms with Crippen molar-refractivity contribution in [2.45, 2.75) is 33.1 Å². The van der Waals surface area contributed by atoms with Gasteiger partial charge in [-0.25, -0.2) is 4.79 Å². The fraction of sp³-hybridized carbons (Fsp3) is 0.562. The zero-order valence-corrected chi connectivity index (χ0v) is 12.1. The number of aryl methyl sites for hydroxylation is 1. The van der Waals surface area contributed by atoms with Gasteiger partial charge in [0.05, 0.1) is 12.7 Å². The summed E-state index contributed by atoms with van der Waals surface area (Å²) in [6, 6.07) is 3.93. The Bertz CT molecular complexity index is 462. The molecule has 0 radical (unpaired) electrons. The first-order valence-corrected chi connectivity index (χ1v) is 7.01. The van der Waals surface area contributed by atoms with E-state index in [0.29, 0.717) is 5.56 Å². The van der Waals surface area contributed by atoms with E-state index in [-0.39, 0.29) is 5.97 Å². The summed E-state index contributed by atoms with van der Waals surface area (Å²) < 4.78 is 4.83. The monoisotopic (exact) mass is 261 g/mol. The Balaban J connectivity index is 2.22. The van der Waals surface area contributed by atoms with Crippen molar-refractivity contribution >= 4 is 5.97 Å². The summed E-state index contributed by atoms with van der Waals surface area (Å²) in [6.45, 7) is 6.43. The van der Waals surface area contributed by atoms with Crippen molar-refractivity contribution in [3.05, 3.63) is 34.4 Å². The van der Waals surface area contributed by atoms with Crippen LogP contribution in [0.1, 0.15) is 39.9 Å². The van der Waals surface area contributed by atoms with E-state index >= 15 is 0 Å². The Labute approximate surface area is 115 Å². The molecule has 0 atom stereocenters. The number of ether oxygens (including phenoxy) is 1. The SMILES string of the molecule is COC(=O)c1cc(C)c(C)c(CC2CCNCC2)c1. The van der Waals surface area contributed by atoms with E-state index in [2.05, 4.69) is 19.2 Å². The van der Waals surface area contributed by atoms with Crippen molar-refractivity contribution in [1.29, 1.82) is 0 Å². The van der Waals surface area contributed by atoms with E-state index in [1.54, 1.807) is 0 Å². The van der Waals surface area contributed by atoms with E-state index in [1.807, 2.05) is 12.1 Å². The Kier molecular flexibility index (Phi) is 4.59. The predicted octanol–water partition coefficient (Wildman–Crippen LogP) is 2.63. The second-order valence-corrected chi connectivity index (χ2v) is 5.47. The van der Waals surface area contributed by atoms with Gasteiger partial charge in [0, 0.05) is 0 Å². The molecule has 104 valence electrons. The van der Waals surface area contributed by atoms with Crippen LogP contribution >= 0.6 is 0 Å². The minimum absolute atomic E-state index is 0.241. The first-order chi connectivity index (χ1) is 9.11. The fourth-order valence-corrected chi connectivity index (χ4v) is 2.78. The number of rotatable bonds is 3. The molecule has 0 amide bonds. The standard InChI is InChI=1S/C16H23NO2/c1-11-8-15(16(18)19-3)10-14(12(11)2)9-13-4-6-17-7-5-13/h8,10,13,17H,4-7,9H2,1-3H3. The zero-order valence-electron chi connectivity index (χ0n) is 12.1. The number of carbonyl (C=O) groups is 1. The molecule has 0 spiro atoms.